The quantitative estimate of drug-likeness (QED) is 0.536. The molecule has 1 rings (SSSR count). The zero-order valence-corrected chi connectivity index (χ0v) is 18.2. The highest BCUT2D eigenvalue weighted by molar-refractivity contribution is 5.77. The van der Waals surface area contributed by atoms with E-state index in [9.17, 15) is 4.79 Å². The van der Waals surface area contributed by atoms with E-state index in [0.29, 0.717) is 5.92 Å². The van der Waals surface area contributed by atoms with E-state index in [1.165, 1.54) is 0 Å². The summed E-state index contributed by atoms with van der Waals surface area (Å²) in [7, 11) is 0. The molecule has 0 aromatic carbocycles. The maximum Gasteiger partial charge on any atom is 0.312 e. The van der Waals surface area contributed by atoms with Crippen LogP contribution in [0.5, 0.6) is 0 Å². The van der Waals surface area contributed by atoms with Gasteiger partial charge in [0.25, 0.3) is 0 Å². The van der Waals surface area contributed by atoms with Crippen molar-refractivity contribution < 1.29 is 9.53 Å². The second-order valence-corrected chi connectivity index (χ2v) is 10.8. The maximum absolute atomic E-state index is 13.2. The zero-order valence-electron chi connectivity index (χ0n) is 18.2. The number of ether oxygens (including phenoxy) is 1. The Morgan fingerprint density at radius 1 is 1.17 bits per heavy atom. The first-order valence-electron chi connectivity index (χ1n) is 9.83. The average molecular weight is 339 g/mol. The van der Waals surface area contributed by atoms with Crippen LogP contribution in [0.3, 0.4) is 0 Å². The van der Waals surface area contributed by atoms with E-state index in [0.717, 1.165) is 19.3 Å². The van der Waals surface area contributed by atoms with Gasteiger partial charge in [0.1, 0.15) is 6.10 Å². The molecule has 4 atom stereocenters. The first kappa shape index (κ1) is 21.5. The molecule has 4 unspecified atom stereocenters. The van der Waals surface area contributed by atoms with Crippen LogP contribution in [0.25, 0.3) is 0 Å². The van der Waals surface area contributed by atoms with Gasteiger partial charge in [0.2, 0.25) is 0 Å². The molecule has 1 aliphatic rings. The van der Waals surface area contributed by atoms with Crippen LogP contribution in [0.4, 0.5) is 0 Å². The van der Waals surface area contributed by atoms with Crippen molar-refractivity contribution >= 4 is 5.97 Å². The molecule has 1 aliphatic carbocycles. The summed E-state index contributed by atoms with van der Waals surface area (Å²) in [6.45, 7) is 24.5. The average Bonchev–Trinajstić information content (AvgIpc) is 2.58. The minimum absolute atomic E-state index is 0.00185. The van der Waals surface area contributed by atoms with Crippen LogP contribution in [0.1, 0.15) is 95.4 Å². The second-order valence-electron chi connectivity index (χ2n) is 10.8. The lowest BCUT2D eigenvalue weighted by atomic mass is 9.64. The third-order valence-electron chi connectivity index (χ3n) is 7.60. The van der Waals surface area contributed by atoms with Crippen LogP contribution in [0.15, 0.2) is 0 Å². The summed E-state index contributed by atoms with van der Waals surface area (Å²) < 4.78 is 6.26. The van der Waals surface area contributed by atoms with Gasteiger partial charge in [-0.05, 0) is 48.9 Å². The molecule has 1 saturated carbocycles. The molecule has 2 heteroatoms. The van der Waals surface area contributed by atoms with E-state index in [4.69, 9.17) is 4.74 Å². The standard InChI is InChI=1S/C22H42O2/c1-12-22(11)17(13-16(4)20(22,8)9)24-18(23)21(10,15(2)3)14-19(5,6)7/h15-17H,12-14H2,1-11H3. The number of hydrogen-bond acceptors (Lipinski definition) is 2. The number of carbonyl (C=O) groups is 1. The van der Waals surface area contributed by atoms with Crippen molar-refractivity contribution in [1.29, 1.82) is 0 Å². The molecule has 0 N–H and O–H groups in total. The number of hydrogen-bond donors (Lipinski definition) is 0. The normalized spacial score (nSPS) is 32.7. The lowest BCUT2D eigenvalue weighted by molar-refractivity contribution is -0.173. The highest BCUT2D eigenvalue weighted by atomic mass is 16.5. The highest BCUT2D eigenvalue weighted by Crippen LogP contribution is 2.59. The molecule has 2 nitrogen and oxygen atoms in total. The Kier molecular flexibility index (Phi) is 5.96. The van der Waals surface area contributed by atoms with E-state index in [1.54, 1.807) is 0 Å². The van der Waals surface area contributed by atoms with Crippen molar-refractivity contribution in [2.75, 3.05) is 0 Å². The Morgan fingerprint density at radius 2 is 1.67 bits per heavy atom. The Balaban J connectivity index is 3.08. The SMILES string of the molecule is CCC1(C)C(OC(=O)C(C)(CC(C)(C)C)C(C)C)CC(C)C1(C)C. The van der Waals surface area contributed by atoms with Gasteiger partial charge in [0, 0.05) is 5.41 Å². The lowest BCUT2D eigenvalue weighted by Gasteiger charge is -2.44. The van der Waals surface area contributed by atoms with Gasteiger partial charge in [-0.3, -0.25) is 4.79 Å². The first-order chi connectivity index (χ1) is 10.6. The fourth-order valence-electron chi connectivity index (χ4n) is 4.59. The Labute approximate surface area is 151 Å². The summed E-state index contributed by atoms with van der Waals surface area (Å²) in [5.74, 6) is 0.833. The Bertz CT molecular complexity index is 457. The topological polar surface area (TPSA) is 26.3 Å². The summed E-state index contributed by atoms with van der Waals surface area (Å²) in [6, 6.07) is 0. The molecule has 0 radical (unpaired) electrons. The molecular weight excluding hydrogens is 296 g/mol. The smallest absolute Gasteiger partial charge is 0.312 e. The molecule has 0 amide bonds. The number of esters is 1. The molecule has 0 aromatic rings. The summed E-state index contributed by atoms with van der Waals surface area (Å²) >= 11 is 0. The minimum Gasteiger partial charge on any atom is -0.461 e. The zero-order chi connectivity index (χ0) is 19.1. The van der Waals surface area contributed by atoms with Gasteiger partial charge in [-0.1, -0.05) is 69.2 Å². The van der Waals surface area contributed by atoms with Crippen LogP contribution in [-0.2, 0) is 9.53 Å². The predicted molar refractivity (Wildman–Crippen MR) is 103 cm³/mol. The van der Waals surface area contributed by atoms with Crippen molar-refractivity contribution in [2.45, 2.75) is 102 Å². The van der Waals surface area contributed by atoms with Crippen LogP contribution >= 0.6 is 0 Å². The third-order valence-corrected chi connectivity index (χ3v) is 7.60. The maximum atomic E-state index is 13.2. The summed E-state index contributed by atoms with van der Waals surface area (Å²) in [5.41, 5.74) is -0.0934. The Hall–Kier alpha value is -0.530. The molecular formula is C22H42O2. The van der Waals surface area contributed by atoms with Crippen molar-refractivity contribution in [3.63, 3.8) is 0 Å². The van der Waals surface area contributed by atoms with Gasteiger partial charge in [-0.15, -0.1) is 0 Å². The van der Waals surface area contributed by atoms with Crippen molar-refractivity contribution in [1.82, 2.24) is 0 Å². The molecule has 0 spiro atoms. The van der Waals surface area contributed by atoms with Crippen LogP contribution < -0.4 is 0 Å². The van der Waals surface area contributed by atoms with E-state index in [-0.39, 0.29) is 34.2 Å². The monoisotopic (exact) mass is 338 g/mol. The largest absolute Gasteiger partial charge is 0.461 e. The fourth-order valence-corrected chi connectivity index (χ4v) is 4.59. The summed E-state index contributed by atoms with van der Waals surface area (Å²) in [4.78, 5) is 13.2. The summed E-state index contributed by atoms with van der Waals surface area (Å²) in [6.07, 6.45) is 2.90. The predicted octanol–water partition coefficient (Wildman–Crippen LogP) is 6.48. The van der Waals surface area contributed by atoms with Crippen LogP contribution in [0.2, 0.25) is 0 Å². The number of carbonyl (C=O) groups excluding carboxylic acids is 1. The second kappa shape index (κ2) is 6.65. The molecule has 0 heterocycles. The first-order valence-corrected chi connectivity index (χ1v) is 9.83. The Morgan fingerprint density at radius 3 is 2.04 bits per heavy atom. The molecule has 24 heavy (non-hydrogen) atoms. The third kappa shape index (κ3) is 3.68. The van der Waals surface area contributed by atoms with E-state index >= 15 is 0 Å². The van der Waals surface area contributed by atoms with E-state index < -0.39 is 5.41 Å². The molecule has 0 aliphatic heterocycles. The number of rotatable bonds is 5. The van der Waals surface area contributed by atoms with Gasteiger partial charge < -0.3 is 4.74 Å². The molecule has 1 fully saturated rings. The van der Waals surface area contributed by atoms with Crippen molar-refractivity contribution in [3.05, 3.63) is 0 Å². The minimum atomic E-state index is -0.428. The highest BCUT2D eigenvalue weighted by Gasteiger charge is 2.57. The van der Waals surface area contributed by atoms with Crippen molar-refractivity contribution in [2.24, 2.45) is 33.5 Å². The van der Waals surface area contributed by atoms with Gasteiger partial charge in [-0.2, -0.15) is 0 Å². The van der Waals surface area contributed by atoms with Gasteiger partial charge in [-0.25, -0.2) is 0 Å². The van der Waals surface area contributed by atoms with Crippen molar-refractivity contribution in [3.8, 4) is 0 Å². The van der Waals surface area contributed by atoms with Gasteiger partial charge in [0.15, 0.2) is 0 Å². The van der Waals surface area contributed by atoms with E-state index in [1.807, 2.05) is 0 Å². The van der Waals surface area contributed by atoms with Gasteiger partial charge in [0.05, 0.1) is 5.41 Å². The molecule has 0 aromatic heterocycles. The fraction of sp³-hybridized carbons (Fsp3) is 0.955. The van der Waals surface area contributed by atoms with Gasteiger partial charge >= 0.3 is 5.97 Å². The van der Waals surface area contributed by atoms with Crippen LogP contribution in [-0.4, -0.2) is 12.1 Å². The lowest BCUT2D eigenvalue weighted by Crippen LogP contribution is -2.45. The molecule has 0 bridgehead atoms. The summed E-state index contributed by atoms with van der Waals surface area (Å²) in [5, 5.41) is 0. The molecule has 142 valence electrons. The molecule has 0 saturated heterocycles. The van der Waals surface area contributed by atoms with Crippen LogP contribution in [0, 0.1) is 33.5 Å². The van der Waals surface area contributed by atoms with E-state index in [2.05, 4.69) is 76.2 Å².